The minimum Gasteiger partial charge on any atom is -0.391 e. The molecule has 28 nitrogen and oxygen atoms in total. The molecule has 4 aromatic carbocycles. The molecule has 0 spiro atoms. The number of aliphatic hydroxyl groups excluding tert-OH is 1. The van der Waals surface area contributed by atoms with Crippen LogP contribution >= 0.6 is 22.9 Å². The fourth-order valence-electron chi connectivity index (χ4n) is 13.6. The number of hydrogen-bond acceptors (Lipinski definition) is 21. The number of β-amino-alcohol motifs (C(OH)–C–C–N with tert-alkyl or cyclic N) is 1. The number of amides is 4. The number of pyridine rings is 1. The maximum absolute atomic E-state index is 14.5. The summed E-state index contributed by atoms with van der Waals surface area (Å²) in [4.78, 5) is 99.3. The zero-order chi connectivity index (χ0) is 76.2. The van der Waals surface area contributed by atoms with Crippen molar-refractivity contribution in [1.82, 2.24) is 49.5 Å². The third-order valence-electron chi connectivity index (χ3n) is 19.5. The Hall–Kier alpha value is -8.95. The van der Waals surface area contributed by atoms with Crippen LogP contribution in [-0.4, -0.2) is 206 Å². The predicted molar refractivity (Wildman–Crippen MR) is 409 cm³/mol. The Morgan fingerprint density at radius 3 is 2.17 bits per heavy atom. The van der Waals surface area contributed by atoms with E-state index in [2.05, 4.69) is 71.4 Å². The van der Waals surface area contributed by atoms with Crippen LogP contribution in [0.25, 0.3) is 43.8 Å². The fraction of sp³-hybridized carbons (Fsp3) is 0.461. The second-order valence-electron chi connectivity index (χ2n) is 28.9. The molecule has 3 aliphatic rings. The molecule has 0 bridgehead atoms. The van der Waals surface area contributed by atoms with Crippen molar-refractivity contribution in [2.24, 2.45) is 17.9 Å². The largest absolute Gasteiger partial charge is 0.391 e. The normalized spacial score (nSPS) is 16.7. The molecule has 6 heterocycles. The van der Waals surface area contributed by atoms with Crippen LogP contribution in [0.5, 0.6) is 0 Å². The number of allylic oxidation sites excluding steroid dienone is 1. The number of aromatic amines is 1. The van der Waals surface area contributed by atoms with Gasteiger partial charge in [-0.25, -0.2) is 32.5 Å². The Morgan fingerprint density at radius 2 is 1.51 bits per heavy atom. The van der Waals surface area contributed by atoms with Crippen LogP contribution in [0.4, 0.5) is 17.1 Å². The van der Waals surface area contributed by atoms with Crippen molar-refractivity contribution >= 4 is 101 Å². The summed E-state index contributed by atoms with van der Waals surface area (Å²) in [5.41, 5.74) is 8.99. The first-order valence-electron chi connectivity index (χ1n) is 35.9. The Labute approximate surface area is 630 Å². The number of hydrogen-bond donors (Lipinski definition) is 6. The van der Waals surface area contributed by atoms with Gasteiger partial charge in [0.2, 0.25) is 17.7 Å². The number of nitro benzene ring substituents is 1. The molecule has 4 amide bonds. The van der Waals surface area contributed by atoms with E-state index >= 15 is 0 Å². The summed E-state index contributed by atoms with van der Waals surface area (Å²) in [5.74, 6) is -2.29. The van der Waals surface area contributed by atoms with Crippen LogP contribution in [0.1, 0.15) is 93.9 Å². The van der Waals surface area contributed by atoms with E-state index in [0.29, 0.717) is 34.7 Å². The number of halogens is 1. The summed E-state index contributed by atoms with van der Waals surface area (Å²) < 4.78 is 61.3. The number of nitro groups is 1. The van der Waals surface area contributed by atoms with Gasteiger partial charge in [-0.15, -0.1) is 11.3 Å². The van der Waals surface area contributed by atoms with Gasteiger partial charge in [-0.1, -0.05) is 88.2 Å². The first kappa shape index (κ1) is 79.1. The van der Waals surface area contributed by atoms with Crippen molar-refractivity contribution in [2.45, 2.75) is 103 Å². The Kier molecular flexibility index (Phi) is 26.2. The topological polar surface area (TPSA) is 338 Å². The molecule has 4 aromatic heterocycles. The van der Waals surface area contributed by atoms with Gasteiger partial charge in [0, 0.05) is 101 Å². The summed E-state index contributed by atoms with van der Waals surface area (Å²) >= 11 is 7.85. The van der Waals surface area contributed by atoms with E-state index in [9.17, 15) is 47.6 Å². The van der Waals surface area contributed by atoms with Crippen molar-refractivity contribution < 1.29 is 61.3 Å². The van der Waals surface area contributed by atoms with Crippen LogP contribution < -0.4 is 31.1 Å². The van der Waals surface area contributed by atoms with E-state index in [4.69, 9.17) is 35.3 Å². The monoisotopic (exact) mass is 1530 g/mol. The number of nitrogens with zero attached hydrogens (tertiary/aromatic N) is 8. The molecule has 2 fully saturated rings. The molecule has 572 valence electrons. The number of ether oxygens (including phenoxy) is 5. The SMILES string of the molecule is Cc1ncsc1-c1ccc(CNC(=O)[C@@H]2C[C@@H](O)CN2C(=O)[C@@H](NC(=O)CCOCCOCCOCCOCCOCCNc2ccc(S(=O)(=O)NC(=O)c3ccc(N4CCN(CC5=C(c6ccc(Cl)cc6)CC(C)(C)CC5)CC4)cc3-n3c4cc5cc[nH]c5nc4c(=O)n3C)cc2[N+](=O)[O-])C(C)(C)C)cc1. The van der Waals surface area contributed by atoms with Gasteiger partial charge in [0.1, 0.15) is 23.4 Å². The number of anilines is 2. The molecule has 3 atom stereocenters. The fourth-order valence-corrected chi connectivity index (χ4v) is 15.5. The van der Waals surface area contributed by atoms with Crippen molar-refractivity contribution in [3.63, 3.8) is 0 Å². The van der Waals surface area contributed by atoms with Gasteiger partial charge in [-0.05, 0) is 114 Å². The average molecular weight is 1530 g/mol. The Bertz CT molecular complexity index is 4700. The highest BCUT2D eigenvalue weighted by Crippen LogP contribution is 2.44. The third-order valence-corrected chi connectivity index (χ3v) is 22.0. The maximum Gasteiger partial charge on any atom is 0.293 e. The molecule has 11 rings (SSSR count). The number of carbonyl (C=O) groups excluding carboxylic acids is 4. The molecule has 1 aliphatic carbocycles. The number of aliphatic hydroxyl groups is 1. The minimum atomic E-state index is -4.74. The number of aryl methyl sites for hydroxylation is 1. The van der Waals surface area contributed by atoms with Crippen molar-refractivity contribution in [3.8, 4) is 16.1 Å². The summed E-state index contributed by atoms with van der Waals surface area (Å²) in [6, 6.07) is 25.9. The second-order valence-corrected chi connectivity index (χ2v) is 31.8. The number of H-pyrrole nitrogens is 1. The highest BCUT2D eigenvalue weighted by molar-refractivity contribution is 7.90. The number of nitrogens with one attached hydrogen (secondary N) is 5. The van der Waals surface area contributed by atoms with Crippen LogP contribution in [0.2, 0.25) is 5.02 Å². The van der Waals surface area contributed by atoms with E-state index in [0.717, 1.165) is 78.4 Å². The number of fused-ring (bicyclic) bond motifs is 2. The molecule has 8 aromatic rings. The average Bonchev–Trinajstić information content (AvgIpc) is 1.66. The van der Waals surface area contributed by atoms with E-state index in [1.165, 1.54) is 38.4 Å². The second kappa shape index (κ2) is 35.4. The van der Waals surface area contributed by atoms with Gasteiger partial charge in [-0.3, -0.25) is 39.0 Å². The number of piperazine rings is 1. The molecule has 0 radical (unpaired) electrons. The molecule has 0 saturated carbocycles. The van der Waals surface area contributed by atoms with Gasteiger partial charge in [0.15, 0.2) is 5.52 Å². The van der Waals surface area contributed by atoms with Crippen LogP contribution in [0.3, 0.4) is 0 Å². The van der Waals surface area contributed by atoms with Gasteiger partial charge >= 0.3 is 0 Å². The summed E-state index contributed by atoms with van der Waals surface area (Å²) in [7, 11) is -3.20. The van der Waals surface area contributed by atoms with Gasteiger partial charge in [0.05, 0.1) is 115 Å². The first-order chi connectivity index (χ1) is 51.2. The first-order valence-corrected chi connectivity index (χ1v) is 38.6. The number of aromatic nitrogens is 5. The lowest BCUT2D eigenvalue weighted by Gasteiger charge is -2.39. The van der Waals surface area contributed by atoms with Gasteiger partial charge < -0.3 is 59.5 Å². The smallest absolute Gasteiger partial charge is 0.293 e. The van der Waals surface area contributed by atoms with E-state index in [-0.39, 0.29) is 126 Å². The number of likely N-dealkylation sites (tertiary alicyclic amines) is 1. The molecule has 2 saturated heterocycles. The van der Waals surface area contributed by atoms with Crippen LogP contribution in [0.15, 0.2) is 124 Å². The quantitative estimate of drug-likeness (QED) is 0.0125. The van der Waals surface area contributed by atoms with Crippen LogP contribution in [-0.2, 0) is 61.7 Å². The molecule has 31 heteroatoms. The number of carbonyl (C=O) groups is 4. The lowest BCUT2D eigenvalue weighted by atomic mass is 9.72. The Morgan fingerprint density at radius 1 is 0.850 bits per heavy atom. The standard InChI is InChI=1S/C76H94ClN13O15S2/c1-49-68(106-48-81-49)52-10-8-50(9-11-52)45-80-72(94)65-42-57(91)47-88(65)74(96)69(75(2,3)4)82-66(92)22-30-101-32-34-103-36-38-105-39-37-104-35-33-102-31-25-78-61-19-17-58(43-63(61)90(97)98)107(99,100)84-71(93)59-18-16-56(41-62(59)89-64-40-53-21-24-79-70(53)83-67(64)73(95)85(89)7)87-28-26-86(27-29-87)46-54-20-23-76(5,6)44-60(54)51-12-14-55(77)15-13-51/h8-19,21,24,40-41,43,48,57,65,69,78,91H,20,22-23,25-39,42,44-47H2,1-7H3,(H,79,83)(H,80,94)(H,82,92)(H,84,93)/t57-,65+,69-/m1/s1. The lowest BCUT2D eigenvalue weighted by Crippen LogP contribution is -2.57. The zero-order valence-electron chi connectivity index (χ0n) is 61.3. The van der Waals surface area contributed by atoms with Gasteiger partial charge in [0.25, 0.3) is 27.2 Å². The number of thiazole rings is 1. The summed E-state index contributed by atoms with van der Waals surface area (Å²) in [6.45, 7) is 18.2. The maximum atomic E-state index is 14.5. The summed E-state index contributed by atoms with van der Waals surface area (Å²) in [6.07, 6.45) is 3.92. The molecule has 2 aliphatic heterocycles. The molecular formula is C76H94ClN13O15S2. The zero-order valence-corrected chi connectivity index (χ0v) is 63.7. The highest BCUT2D eigenvalue weighted by Gasteiger charge is 2.45. The van der Waals surface area contributed by atoms with E-state index in [1.807, 2.05) is 70.2 Å². The van der Waals surface area contributed by atoms with Crippen molar-refractivity contribution in [3.05, 3.63) is 162 Å². The minimum absolute atomic E-state index is 0.0223. The molecule has 6 N–H and O–H groups in total. The van der Waals surface area contributed by atoms with Gasteiger partial charge in [-0.2, -0.15) is 0 Å². The van der Waals surface area contributed by atoms with Crippen molar-refractivity contribution in [2.75, 3.05) is 122 Å². The predicted octanol–water partition coefficient (Wildman–Crippen LogP) is 8.80. The third kappa shape index (κ3) is 20.1. The summed E-state index contributed by atoms with van der Waals surface area (Å²) in [5, 5.41) is 33.1. The van der Waals surface area contributed by atoms with E-state index in [1.54, 1.807) is 53.0 Å². The number of sulfonamides is 1. The number of rotatable bonds is 34. The van der Waals surface area contributed by atoms with Crippen molar-refractivity contribution in [1.29, 1.82) is 0 Å². The van der Waals surface area contributed by atoms with E-state index < -0.39 is 78.3 Å². The molecular weight excluding hydrogens is 1430 g/mol. The Balaban J connectivity index is 0.582. The van der Waals surface area contributed by atoms with Crippen LogP contribution in [0, 0.1) is 27.9 Å². The highest BCUT2D eigenvalue weighted by atomic mass is 35.5. The lowest BCUT2D eigenvalue weighted by molar-refractivity contribution is -0.384. The molecule has 107 heavy (non-hydrogen) atoms. The number of benzene rings is 4. The molecule has 0 unspecified atom stereocenters.